The van der Waals surface area contributed by atoms with E-state index in [9.17, 15) is 0 Å². The van der Waals surface area contributed by atoms with Crippen LogP contribution in [0.2, 0.25) is 0 Å². The predicted octanol–water partition coefficient (Wildman–Crippen LogP) is 4.39. The van der Waals surface area contributed by atoms with Gasteiger partial charge in [0, 0.05) is 17.1 Å². The lowest BCUT2D eigenvalue weighted by molar-refractivity contribution is 0.412. The molecule has 0 aliphatic carbocycles. The third-order valence-electron chi connectivity index (χ3n) is 2.85. The van der Waals surface area contributed by atoms with E-state index in [-0.39, 0.29) is 0 Å². The van der Waals surface area contributed by atoms with Gasteiger partial charge < -0.3 is 10.1 Å². The molecule has 94 valence electrons. The molecule has 0 bridgehead atoms. The molecule has 17 heavy (non-hydrogen) atoms. The third-order valence-corrected chi connectivity index (χ3v) is 5.35. The molecule has 0 aromatic heterocycles. The molecule has 2 rings (SSSR count). The lowest BCUT2D eigenvalue weighted by atomic mass is 10.1. The fraction of sp³-hybridized carbons (Fsp3) is 0.500. The summed E-state index contributed by atoms with van der Waals surface area (Å²) in [7, 11) is 1.69. The minimum absolute atomic E-state index is 0.793. The molecule has 0 radical (unpaired) electrons. The third kappa shape index (κ3) is 3.55. The lowest BCUT2D eigenvalue weighted by Gasteiger charge is -2.14. The zero-order valence-electron chi connectivity index (χ0n) is 9.63. The smallest absolute Gasteiger partial charge is 0.135 e. The van der Waals surface area contributed by atoms with Crippen molar-refractivity contribution in [3.63, 3.8) is 0 Å². The quantitative estimate of drug-likeness (QED) is 0.837. The van der Waals surface area contributed by atoms with E-state index in [1.54, 1.807) is 7.11 Å². The summed E-state index contributed by atoms with van der Waals surface area (Å²) in [6.45, 7) is 1.04. The maximum atomic E-state index is 5.30. The maximum absolute atomic E-state index is 5.30. The Hall–Kier alpha value is 0.130. The van der Waals surface area contributed by atoms with E-state index in [4.69, 9.17) is 4.74 Å². The van der Waals surface area contributed by atoms with Crippen molar-refractivity contribution in [1.82, 2.24) is 0 Å². The van der Waals surface area contributed by atoms with Crippen molar-refractivity contribution in [3.8, 4) is 5.75 Å². The van der Waals surface area contributed by atoms with Crippen molar-refractivity contribution in [2.45, 2.75) is 6.42 Å². The molecule has 1 heterocycles. The molecule has 1 unspecified atom stereocenters. The van der Waals surface area contributed by atoms with Gasteiger partial charge in [0.1, 0.15) is 5.75 Å². The topological polar surface area (TPSA) is 21.3 Å². The van der Waals surface area contributed by atoms with Crippen LogP contribution < -0.4 is 10.1 Å². The summed E-state index contributed by atoms with van der Waals surface area (Å²) in [4.78, 5) is 0. The van der Waals surface area contributed by atoms with E-state index < -0.39 is 0 Å². The molecular weight excluding hydrogens is 366 g/mol. The van der Waals surface area contributed by atoms with Crippen LogP contribution in [0.15, 0.2) is 21.1 Å². The monoisotopic (exact) mass is 379 g/mol. The fourth-order valence-corrected chi connectivity index (χ4v) is 4.40. The molecule has 1 aliphatic rings. The summed E-state index contributed by atoms with van der Waals surface area (Å²) in [5.74, 6) is 4.23. The molecule has 1 atom stereocenters. The first-order valence-electron chi connectivity index (χ1n) is 5.55. The van der Waals surface area contributed by atoms with E-state index in [1.165, 1.54) is 17.9 Å². The van der Waals surface area contributed by atoms with Gasteiger partial charge in [0.2, 0.25) is 0 Å². The molecule has 1 fully saturated rings. The second-order valence-corrected chi connectivity index (χ2v) is 6.94. The molecule has 1 aromatic rings. The summed E-state index contributed by atoms with van der Waals surface area (Å²) in [5.41, 5.74) is 1.10. The number of methoxy groups -OCH3 is 1. The molecule has 0 amide bonds. The highest BCUT2D eigenvalue weighted by molar-refractivity contribution is 9.11. The largest absolute Gasteiger partial charge is 0.495 e. The zero-order valence-corrected chi connectivity index (χ0v) is 13.6. The average Bonchev–Trinajstić information content (AvgIpc) is 2.81. The zero-order chi connectivity index (χ0) is 12.3. The SMILES string of the molecule is COc1cc(NCC2CCSC2)c(Br)cc1Br. The Morgan fingerprint density at radius 1 is 1.41 bits per heavy atom. The predicted molar refractivity (Wildman–Crippen MR) is 82.3 cm³/mol. The van der Waals surface area contributed by atoms with Crippen molar-refractivity contribution < 1.29 is 4.74 Å². The highest BCUT2D eigenvalue weighted by atomic mass is 79.9. The van der Waals surface area contributed by atoms with Crippen molar-refractivity contribution in [2.75, 3.05) is 30.5 Å². The Bertz CT molecular complexity index is 394. The first-order chi connectivity index (χ1) is 8.20. The molecule has 1 aliphatic heterocycles. The van der Waals surface area contributed by atoms with Crippen molar-refractivity contribution in [3.05, 3.63) is 21.1 Å². The Balaban J connectivity index is 2.03. The van der Waals surface area contributed by atoms with Crippen LogP contribution in [0.4, 0.5) is 5.69 Å². The van der Waals surface area contributed by atoms with Crippen LogP contribution in [0.25, 0.3) is 0 Å². The Labute approximate surface area is 123 Å². The van der Waals surface area contributed by atoms with Gasteiger partial charge in [-0.3, -0.25) is 0 Å². The summed E-state index contributed by atoms with van der Waals surface area (Å²) in [6, 6.07) is 4.04. The number of halogens is 2. The van der Waals surface area contributed by atoms with Gasteiger partial charge in [0.15, 0.2) is 0 Å². The standard InChI is InChI=1S/C12H15Br2NOS/c1-16-12-5-11(9(13)4-10(12)14)15-6-8-2-3-17-7-8/h4-5,8,15H,2-3,6-7H2,1H3. The van der Waals surface area contributed by atoms with Crippen molar-refractivity contribution in [2.24, 2.45) is 5.92 Å². The number of rotatable bonds is 4. The Morgan fingerprint density at radius 2 is 2.24 bits per heavy atom. The number of benzene rings is 1. The normalized spacial score (nSPS) is 19.4. The first kappa shape index (κ1) is 13.6. The van der Waals surface area contributed by atoms with Crippen LogP contribution >= 0.6 is 43.6 Å². The number of nitrogens with one attached hydrogen (secondary N) is 1. The van der Waals surface area contributed by atoms with Gasteiger partial charge in [-0.25, -0.2) is 0 Å². The molecule has 0 spiro atoms. The number of thioether (sulfide) groups is 1. The molecule has 2 nitrogen and oxygen atoms in total. The van der Waals surface area contributed by atoms with Gasteiger partial charge in [-0.15, -0.1) is 0 Å². The lowest BCUT2D eigenvalue weighted by Crippen LogP contribution is -2.13. The van der Waals surface area contributed by atoms with Crippen LogP contribution in [0.1, 0.15) is 6.42 Å². The highest BCUT2D eigenvalue weighted by Crippen LogP contribution is 2.35. The Kier molecular flexibility index (Phi) is 5.06. The van der Waals surface area contributed by atoms with Crippen LogP contribution in [-0.4, -0.2) is 25.2 Å². The summed E-state index contributed by atoms with van der Waals surface area (Å²) < 4.78 is 7.33. The van der Waals surface area contributed by atoms with Gasteiger partial charge >= 0.3 is 0 Å². The van der Waals surface area contributed by atoms with Crippen molar-refractivity contribution >= 4 is 49.3 Å². The van der Waals surface area contributed by atoms with E-state index in [0.717, 1.165) is 32.8 Å². The second kappa shape index (κ2) is 6.34. The Morgan fingerprint density at radius 3 is 2.88 bits per heavy atom. The van der Waals surface area contributed by atoms with E-state index in [2.05, 4.69) is 37.2 Å². The van der Waals surface area contributed by atoms with Crippen LogP contribution in [-0.2, 0) is 0 Å². The summed E-state index contributed by atoms with van der Waals surface area (Å²) in [6.07, 6.45) is 1.32. The first-order valence-corrected chi connectivity index (χ1v) is 8.29. The van der Waals surface area contributed by atoms with Crippen LogP contribution in [0.3, 0.4) is 0 Å². The van der Waals surface area contributed by atoms with Gasteiger partial charge in [-0.2, -0.15) is 11.8 Å². The molecular formula is C12H15Br2NOS. The summed E-state index contributed by atoms with van der Waals surface area (Å²) >= 11 is 9.09. The molecule has 1 aromatic carbocycles. The number of hydrogen-bond donors (Lipinski definition) is 1. The maximum Gasteiger partial charge on any atom is 0.135 e. The van der Waals surface area contributed by atoms with Crippen LogP contribution in [0.5, 0.6) is 5.75 Å². The van der Waals surface area contributed by atoms with Gasteiger partial charge in [-0.05, 0) is 61.8 Å². The van der Waals surface area contributed by atoms with Crippen molar-refractivity contribution in [1.29, 1.82) is 0 Å². The highest BCUT2D eigenvalue weighted by Gasteiger charge is 2.15. The van der Waals surface area contributed by atoms with Crippen LogP contribution in [0, 0.1) is 5.92 Å². The van der Waals surface area contributed by atoms with E-state index >= 15 is 0 Å². The van der Waals surface area contributed by atoms with Gasteiger partial charge in [-0.1, -0.05) is 0 Å². The number of hydrogen-bond acceptors (Lipinski definition) is 3. The molecule has 5 heteroatoms. The molecule has 0 saturated carbocycles. The van der Waals surface area contributed by atoms with E-state index in [0.29, 0.717) is 0 Å². The number of anilines is 1. The molecule has 1 N–H and O–H groups in total. The average molecular weight is 381 g/mol. The molecule has 1 saturated heterocycles. The minimum Gasteiger partial charge on any atom is -0.495 e. The minimum atomic E-state index is 0.793. The van der Waals surface area contributed by atoms with E-state index in [1.807, 2.05) is 23.9 Å². The second-order valence-electron chi connectivity index (χ2n) is 4.08. The summed E-state index contributed by atoms with van der Waals surface area (Å²) in [5, 5.41) is 3.50. The van der Waals surface area contributed by atoms with Gasteiger partial charge in [0.05, 0.1) is 17.3 Å². The van der Waals surface area contributed by atoms with Gasteiger partial charge in [0.25, 0.3) is 0 Å². The number of ether oxygens (including phenoxy) is 1. The fourth-order valence-electron chi connectivity index (χ4n) is 1.82.